The van der Waals surface area contributed by atoms with Gasteiger partial charge in [0.2, 0.25) is 5.91 Å². The normalized spacial score (nSPS) is 18.0. The third-order valence-corrected chi connectivity index (χ3v) is 3.47. The van der Waals surface area contributed by atoms with Crippen molar-refractivity contribution in [1.82, 2.24) is 4.57 Å². The summed E-state index contributed by atoms with van der Waals surface area (Å²) in [4.78, 5) is 12.1. The van der Waals surface area contributed by atoms with E-state index in [2.05, 4.69) is 5.32 Å². The molecule has 1 aliphatic rings. The van der Waals surface area contributed by atoms with Crippen molar-refractivity contribution in [3.05, 3.63) is 52.8 Å². The topological polar surface area (TPSA) is 34.0 Å². The molecule has 0 aliphatic carbocycles. The van der Waals surface area contributed by atoms with E-state index in [1.54, 1.807) is 0 Å². The van der Waals surface area contributed by atoms with Crippen LogP contribution in [0.3, 0.4) is 0 Å². The second kappa shape index (κ2) is 3.64. The molecule has 17 heavy (non-hydrogen) atoms. The lowest BCUT2D eigenvalue weighted by Gasteiger charge is -2.11. The number of rotatable bonds is 1. The van der Waals surface area contributed by atoms with Crippen molar-refractivity contribution in [2.45, 2.75) is 5.92 Å². The van der Waals surface area contributed by atoms with E-state index < -0.39 is 0 Å². The lowest BCUT2D eigenvalue weighted by molar-refractivity contribution is -0.116. The second-order valence-electron chi connectivity index (χ2n) is 4.17. The lowest BCUT2D eigenvalue weighted by Crippen LogP contribution is -2.15. The average Bonchev–Trinajstić information content (AvgIpc) is 2.82. The van der Waals surface area contributed by atoms with E-state index in [0.29, 0.717) is 5.02 Å². The van der Waals surface area contributed by atoms with Gasteiger partial charge < -0.3 is 9.88 Å². The Morgan fingerprint density at radius 3 is 2.82 bits per heavy atom. The van der Waals surface area contributed by atoms with Crippen molar-refractivity contribution in [3.63, 3.8) is 0 Å². The molecule has 0 saturated carbocycles. The Morgan fingerprint density at radius 2 is 2.12 bits per heavy atom. The van der Waals surface area contributed by atoms with Crippen molar-refractivity contribution in [3.8, 4) is 0 Å². The molecule has 1 atom stereocenters. The number of benzene rings is 1. The maximum atomic E-state index is 12.1. The molecule has 1 aromatic heterocycles. The van der Waals surface area contributed by atoms with E-state index in [0.717, 1.165) is 16.9 Å². The van der Waals surface area contributed by atoms with Crippen LogP contribution >= 0.6 is 11.6 Å². The SMILES string of the molecule is Cn1cccc1C1C(=O)Nc2cccc(Cl)c21. The number of aromatic nitrogens is 1. The molecule has 0 saturated heterocycles. The van der Waals surface area contributed by atoms with Crippen LogP contribution in [0.1, 0.15) is 17.2 Å². The molecule has 86 valence electrons. The van der Waals surface area contributed by atoms with Gasteiger partial charge in [-0.3, -0.25) is 4.79 Å². The van der Waals surface area contributed by atoms with Crippen LogP contribution < -0.4 is 5.32 Å². The van der Waals surface area contributed by atoms with Gasteiger partial charge in [-0.1, -0.05) is 17.7 Å². The van der Waals surface area contributed by atoms with Gasteiger partial charge in [-0.05, 0) is 24.3 Å². The van der Waals surface area contributed by atoms with Gasteiger partial charge in [0, 0.05) is 35.2 Å². The van der Waals surface area contributed by atoms with Crippen molar-refractivity contribution < 1.29 is 4.79 Å². The molecule has 3 rings (SSSR count). The minimum Gasteiger partial charge on any atom is -0.353 e. The maximum absolute atomic E-state index is 12.1. The van der Waals surface area contributed by atoms with E-state index in [1.165, 1.54) is 0 Å². The Kier molecular flexibility index (Phi) is 2.23. The molecule has 1 unspecified atom stereocenters. The number of nitrogens with zero attached hydrogens (tertiary/aromatic N) is 1. The summed E-state index contributed by atoms with van der Waals surface area (Å²) < 4.78 is 1.95. The summed E-state index contributed by atoms with van der Waals surface area (Å²) in [6, 6.07) is 9.41. The zero-order valence-electron chi connectivity index (χ0n) is 9.27. The zero-order chi connectivity index (χ0) is 12.0. The highest BCUT2D eigenvalue weighted by atomic mass is 35.5. The fourth-order valence-electron chi connectivity index (χ4n) is 2.33. The highest BCUT2D eigenvalue weighted by Crippen LogP contribution is 2.41. The van der Waals surface area contributed by atoms with Gasteiger partial charge in [-0.15, -0.1) is 0 Å². The standard InChI is InChI=1S/C13H11ClN2O/c1-16-7-3-6-10(16)12-11-8(14)4-2-5-9(11)15-13(12)17/h2-7,12H,1H3,(H,15,17). The van der Waals surface area contributed by atoms with E-state index in [9.17, 15) is 4.79 Å². The summed E-state index contributed by atoms with van der Waals surface area (Å²) in [6.45, 7) is 0. The summed E-state index contributed by atoms with van der Waals surface area (Å²) in [5.41, 5.74) is 2.64. The van der Waals surface area contributed by atoms with Crippen LogP contribution in [0, 0.1) is 0 Å². The molecule has 1 amide bonds. The van der Waals surface area contributed by atoms with Gasteiger partial charge in [0.05, 0.1) is 0 Å². The molecule has 2 heterocycles. The molecule has 0 radical (unpaired) electrons. The molecule has 2 aromatic rings. The van der Waals surface area contributed by atoms with Crippen LogP contribution in [0.25, 0.3) is 0 Å². The minimum atomic E-state index is -0.307. The number of fused-ring (bicyclic) bond motifs is 1. The second-order valence-corrected chi connectivity index (χ2v) is 4.57. The van der Waals surface area contributed by atoms with Crippen molar-refractivity contribution in [1.29, 1.82) is 0 Å². The highest BCUT2D eigenvalue weighted by Gasteiger charge is 2.34. The van der Waals surface area contributed by atoms with Crippen molar-refractivity contribution >= 4 is 23.2 Å². The van der Waals surface area contributed by atoms with Crippen LogP contribution in [0.2, 0.25) is 5.02 Å². The van der Waals surface area contributed by atoms with Gasteiger partial charge in [0.25, 0.3) is 0 Å². The van der Waals surface area contributed by atoms with Gasteiger partial charge in [0.1, 0.15) is 5.92 Å². The van der Waals surface area contributed by atoms with E-state index in [4.69, 9.17) is 11.6 Å². The van der Waals surface area contributed by atoms with Gasteiger partial charge in [0.15, 0.2) is 0 Å². The molecule has 3 nitrogen and oxygen atoms in total. The first-order valence-corrected chi connectivity index (χ1v) is 5.77. The summed E-state index contributed by atoms with van der Waals surface area (Å²) in [6.07, 6.45) is 1.93. The quantitative estimate of drug-likeness (QED) is 0.825. The van der Waals surface area contributed by atoms with Crippen LogP contribution in [-0.4, -0.2) is 10.5 Å². The molecule has 1 N–H and O–H groups in total. The third kappa shape index (κ3) is 1.46. The number of anilines is 1. The Morgan fingerprint density at radius 1 is 1.29 bits per heavy atom. The molecule has 0 spiro atoms. The number of carbonyl (C=O) groups excluding carboxylic acids is 1. The molecular formula is C13H11ClN2O. The highest BCUT2D eigenvalue weighted by molar-refractivity contribution is 6.33. The van der Waals surface area contributed by atoms with Crippen LogP contribution in [-0.2, 0) is 11.8 Å². The first kappa shape index (κ1) is 10.4. The number of halogens is 1. The number of hydrogen-bond donors (Lipinski definition) is 1. The predicted molar refractivity (Wildman–Crippen MR) is 67.3 cm³/mol. The summed E-state index contributed by atoms with van der Waals surface area (Å²) >= 11 is 6.20. The number of hydrogen-bond acceptors (Lipinski definition) is 1. The van der Waals surface area contributed by atoms with Crippen LogP contribution in [0.15, 0.2) is 36.5 Å². The molecule has 0 fully saturated rings. The Balaban J connectivity index is 2.21. The fraction of sp³-hybridized carbons (Fsp3) is 0.154. The zero-order valence-corrected chi connectivity index (χ0v) is 10.0. The Hall–Kier alpha value is -1.74. The van der Waals surface area contributed by atoms with Crippen LogP contribution in [0.4, 0.5) is 5.69 Å². The maximum Gasteiger partial charge on any atom is 0.238 e. The largest absolute Gasteiger partial charge is 0.353 e. The molecule has 1 aromatic carbocycles. The smallest absolute Gasteiger partial charge is 0.238 e. The fourth-order valence-corrected chi connectivity index (χ4v) is 2.62. The van der Waals surface area contributed by atoms with Gasteiger partial charge in [-0.2, -0.15) is 0 Å². The molecule has 0 bridgehead atoms. The van der Waals surface area contributed by atoms with E-state index in [1.807, 2.05) is 48.1 Å². The Labute approximate surface area is 104 Å². The number of aryl methyl sites for hydroxylation is 1. The predicted octanol–water partition coefficient (Wildman–Crippen LogP) is 2.76. The number of amides is 1. The first-order valence-electron chi connectivity index (χ1n) is 5.39. The van der Waals surface area contributed by atoms with Crippen molar-refractivity contribution in [2.24, 2.45) is 7.05 Å². The van der Waals surface area contributed by atoms with Crippen LogP contribution in [0.5, 0.6) is 0 Å². The Bertz CT molecular complexity index is 603. The van der Waals surface area contributed by atoms with E-state index >= 15 is 0 Å². The monoisotopic (exact) mass is 246 g/mol. The number of carbonyl (C=O) groups is 1. The minimum absolute atomic E-state index is 0.0186. The van der Waals surface area contributed by atoms with Gasteiger partial charge in [-0.25, -0.2) is 0 Å². The summed E-state index contributed by atoms with van der Waals surface area (Å²) in [7, 11) is 1.93. The van der Waals surface area contributed by atoms with E-state index in [-0.39, 0.29) is 11.8 Å². The average molecular weight is 247 g/mol. The molecule has 1 aliphatic heterocycles. The third-order valence-electron chi connectivity index (χ3n) is 3.14. The van der Waals surface area contributed by atoms with Crippen molar-refractivity contribution in [2.75, 3.05) is 5.32 Å². The van der Waals surface area contributed by atoms with Gasteiger partial charge >= 0.3 is 0 Å². The summed E-state index contributed by atoms with van der Waals surface area (Å²) in [5.74, 6) is -0.325. The lowest BCUT2D eigenvalue weighted by atomic mass is 9.97. The first-order chi connectivity index (χ1) is 8.18. The molecule has 4 heteroatoms. The summed E-state index contributed by atoms with van der Waals surface area (Å²) in [5, 5.41) is 3.50. The molecular weight excluding hydrogens is 236 g/mol. The number of nitrogens with one attached hydrogen (secondary N) is 1.